The number of aromatic nitrogens is 2. The fraction of sp³-hybridized carbons (Fsp3) is 0.500. The van der Waals surface area contributed by atoms with E-state index in [4.69, 9.17) is 10.7 Å². The van der Waals surface area contributed by atoms with Crippen LogP contribution in [0, 0.1) is 13.8 Å². The molecule has 0 saturated carbocycles. The maximum absolute atomic E-state index is 11.8. The summed E-state index contributed by atoms with van der Waals surface area (Å²) < 4.78 is 22.5. The first-order valence-electron chi connectivity index (χ1n) is 5.33. The maximum atomic E-state index is 11.8. The third kappa shape index (κ3) is 2.62. The van der Waals surface area contributed by atoms with Gasteiger partial charge in [-0.25, -0.2) is 18.4 Å². The van der Waals surface area contributed by atoms with Crippen LogP contribution in [0.2, 0.25) is 0 Å². The summed E-state index contributed by atoms with van der Waals surface area (Å²) in [6.45, 7) is 3.58. The van der Waals surface area contributed by atoms with Crippen LogP contribution in [0.5, 0.6) is 0 Å². The zero-order valence-electron chi connectivity index (χ0n) is 9.92. The van der Waals surface area contributed by atoms with Crippen molar-refractivity contribution in [3.8, 4) is 0 Å². The van der Waals surface area contributed by atoms with Crippen molar-refractivity contribution >= 4 is 31.6 Å². The van der Waals surface area contributed by atoms with Crippen LogP contribution in [0.4, 0.5) is 5.95 Å². The van der Waals surface area contributed by atoms with Crippen LogP contribution in [-0.4, -0.2) is 36.1 Å². The van der Waals surface area contributed by atoms with Gasteiger partial charge in [0.05, 0.1) is 0 Å². The monoisotopic (exact) mass is 289 g/mol. The largest absolute Gasteiger partial charge is 0.279 e. The van der Waals surface area contributed by atoms with Crippen molar-refractivity contribution in [2.24, 2.45) is 0 Å². The summed E-state index contributed by atoms with van der Waals surface area (Å²) in [6, 6.07) is 1.78. The lowest BCUT2D eigenvalue weighted by Gasteiger charge is -2.14. The molecule has 1 atom stereocenters. The van der Waals surface area contributed by atoms with Gasteiger partial charge in [-0.15, -0.1) is 0 Å². The van der Waals surface area contributed by atoms with Crippen molar-refractivity contribution in [2.45, 2.75) is 25.5 Å². The number of aryl methyl sites for hydroxylation is 2. The fourth-order valence-electron chi connectivity index (χ4n) is 1.88. The number of carbonyl (C=O) groups is 1. The van der Waals surface area contributed by atoms with E-state index in [0.717, 1.165) is 11.4 Å². The number of nitrogens with zero attached hydrogens (tertiary/aromatic N) is 3. The van der Waals surface area contributed by atoms with Crippen LogP contribution in [0.1, 0.15) is 17.8 Å². The van der Waals surface area contributed by atoms with Gasteiger partial charge < -0.3 is 0 Å². The van der Waals surface area contributed by atoms with E-state index < -0.39 is 14.3 Å². The van der Waals surface area contributed by atoms with E-state index in [2.05, 4.69) is 9.97 Å². The first kappa shape index (κ1) is 13.2. The molecule has 0 aliphatic carbocycles. The lowest BCUT2D eigenvalue weighted by Crippen LogP contribution is -2.28. The summed E-state index contributed by atoms with van der Waals surface area (Å²) in [5.41, 5.74) is 1.45. The van der Waals surface area contributed by atoms with Crippen molar-refractivity contribution < 1.29 is 13.2 Å². The van der Waals surface area contributed by atoms with Crippen LogP contribution in [0.15, 0.2) is 6.07 Å². The van der Waals surface area contributed by atoms with Gasteiger partial charge in [-0.3, -0.25) is 9.69 Å². The number of hydrogen-bond acceptors (Lipinski definition) is 5. The normalized spacial score (nSPS) is 20.5. The summed E-state index contributed by atoms with van der Waals surface area (Å²) in [4.78, 5) is 21.3. The van der Waals surface area contributed by atoms with Gasteiger partial charge in [0, 0.05) is 35.0 Å². The molecule has 1 amide bonds. The van der Waals surface area contributed by atoms with Gasteiger partial charge in [-0.1, -0.05) is 0 Å². The van der Waals surface area contributed by atoms with Crippen LogP contribution in [-0.2, 0) is 13.8 Å². The minimum atomic E-state index is -3.74. The highest BCUT2D eigenvalue weighted by Gasteiger charge is 2.39. The molecule has 0 spiro atoms. The Morgan fingerprint density at radius 2 is 1.89 bits per heavy atom. The Morgan fingerprint density at radius 3 is 2.33 bits per heavy atom. The van der Waals surface area contributed by atoms with Crippen LogP contribution >= 0.6 is 10.7 Å². The van der Waals surface area contributed by atoms with Gasteiger partial charge >= 0.3 is 0 Å². The number of rotatable bonds is 2. The Bertz CT molecular complexity index is 582. The number of halogens is 1. The smallest absolute Gasteiger partial charge is 0.237 e. The minimum Gasteiger partial charge on any atom is -0.279 e. The number of anilines is 1. The van der Waals surface area contributed by atoms with E-state index in [-0.39, 0.29) is 24.8 Å². The fourth-order valence-corrected chi connectivity index (χ4v) is 2.91. The lowest BCUT2D eigenvalue weighted by molar-refractivity contribution is -0.117. The number of amides is 1. The topological polar surface area (TPSA) is 80.2 Å². The molecule has 0 radical (unpaired) electrons. The Hall–Kier alpha value is -1.21. The lowest BCUT2D eigenvalue weighted by atomic mass is 10.3. The maximum Gasteiger partial charge on any atom is 0.237 e. The van der Waals surface area contributed by atoms with Crippen molar-refractivity contribution in [1.29, 1.82) is 0 Å². The zero-order chi connectivity index (χ0) is 13.5. The average Bonchev–Trinajstić information content (AvgIpc) is 2.58. The Morgan fingerprint density at radius 1 is 1.33 bits per heavy atom. The molecule has 1 aliphatic heterocycles. The minimum absolute atomic E-state index is 0.00750. The van der Waals surface area contributed by atoms with Crippen LogP contribution in [0.3, 0.4) is 0 Å². The first-order valence-corrected chi connectivity index (χ1v) is 7.71. The Labute approximate surface area is 109 Å². The molecule has 2 heterocycles. The Balaban J connectivity index is 2.32. The van der Waals surface area contributed by atoms with Gasteiger partial charge in [0.1, 0.15) is 5.25 Å². The third-order valence-electron chi connectivity index (χ3n) is 2.70. The van der Waals surface area contributed by atoms with Crippen LogP contribution < -0.4 is 4.90 Å². The molecule has 1 aromatic heterocycles. The van der Waals surface area contributed by atoms with E-state index in [0.29, 0.717) is 0 Å². The quantitative estimate of drug-likeness (QED) is 0.751. The standard InChI is InChI=1S/C10H12ClN3O3S/c1-6-3-7(2)13-10(12-6)14-5-8(4-9(14)15)18(11,16)17/h3,8H,4-5H2,1-2H3. The molecule has 0 N–H and O–H groups in total. The average molecular weight is 290 g/mol. The molecule has 18 heavy (non-hydrogen) atoms. The molecule has 0 bridgehead atoms. The molecule has 2 rings (SSSR count). The van der Waals surface area contributed by atoms with E-state index in [1.165, 1.54) is 4.90 Å². The molecule has 0 aromatic carbocycles. The molecule has 1 aromatic rings. The summed E-state index contributed by atoms with van der Waals surface area (Å²) in [5.74, 6) is -0.0884. The molecule has 1 unspecified atom stereocenters. The van der Waals surface area contributed by atoms with Gasteiger partial charge in [-0.2, -0.15) is 0 Å². The summed E-state index contributed by atoms with van der Waals surface area (Å²) in [6.07, 6.45) is -0.123. The molecule has 98 valence electrons. The third-order valence-corrected chi connectivity index (χ3v) is 4.57. The molecule has 8 heteroatoms. The highest BCUT2D eigenvalue weighted by Crippen LogP contribution is 2.24. The summed E-state index contributed by atoms with van der Waals surface area (Å²) in [7, 11) is 1.53. The Kier molecular flexibility index (Phi) is 3.29. The van der Waals surface area contributed by atoms with Gasteiger partial charge in [0.2, 0.25) is 20.9 Å². The van der Waals surface area contributed by atoms with Crippen molar-refractivity contribution in [1.82, 2.24) is 9.97 Å². The molecular weight excluding hydrogens is 278 g/mol. The second-order valence-corrected chi connectivity index (χ2v) is 7.17. The number of hydrogen-bond donors (Lipinski definition) is 0. The predicted molar refractivity (Wildman–Crippen MR) is 67.0 cm³/mol. The molecular formula is C10H12ClN3O3S. The summed E-state index contributed by atoms with van der Waals surface area (Å²) >= 11 is 0. The predicted octanol–water partition coefficient (Wildman–Crippen LogP) is 0.767. The molecule has 1 fully saturated rings. The van der Waals surface area contributed by atoms with E-state index in [9.17, 15) is 13.2 Å². The van der Waals surface area contributed by atoms with Gasteiger partial charge in [0.25, 0.3) is 0 Å². The van der Waals surface area contributed by atoms with E-state index >= 15 is 0 Å². The number of carbonyl (C=O) groups excluding carboxylic acids is 1. The second kappa shape index (κ2) is 4.47. The first-order chi connectivity index (χ1) is 8.27. The molecule has 1 saturated heterocycles. The summed E-state index contributed by atoms with van der Waals surface area (Å²) in [5, 5.41) is -0.893. The highest BCUT2D eigenvalue weighted by atomic mass is 35.7. The SMILES string of the molecule is Cc1cc(C)nc(N2CC(S(=O)(=O)Cl)CC2=O)n1. The van der Waals surface area contributed by atoms with Gasteiger partial charge in [0.15, 0.2) is 0 Å². The zero-order valence-corrected chi connectivity index (χ0v) is 11.5. The molecule has 1 aliphatic rings. The highest BCUT2D eigenvalue weighted by molar-refractivity contribution is 8.14. The van der Waals surface area contributed by atoms with E-state index in [1.807, 2.05) is 0 Å². The second-order valence-electron chi connectivity index (χ2n) is 4.26. The molecule has 6 nitrogen and oxygen atoms in total. The van der Waals surface area contributed by atoms with E-state index in [1.54, 1.807) is 19.9 Å². The van der Waals surface area contributed by atoms with Crippen molar-refractivity contribution in [3.63, 3.8) is 0 Å². The van der Waals surface area contributed by atoms with Crippen LogP contribution in [0.25, 0.3) is 0 Å². The van der Waals surface area contributed by atoms with Crippen molar-refractivity contribution in [3.05, 3.63) is 17.5 Å². The van der Waals surface area contributed by atoms with Gasteiger partial charge in [-0.05, 0) is 19.9 Å². The van der Waals surface area contributed by atoms with Crippen molar-refractivity contribution in [2.75, 3.05) is 11.4 Å².